The quantitative estimate of drug-likeness (QED) is 0.580. The van der Waals surface area contributed by atoms with Gasteiger partial charge in [0.05, 0.1) is 22.8 Å². The smallest absolute Gasteiger partial charge is 0.144 e. The van der Waals surface area contributed by atoms with E-state index in [4.69, 9.17) is 22.1 Å². The molecule has 2 aliphatic rings. The van der Waals surface area contributed by atoms with Gasteiger partial charge >= 0.3 is 0 Å². The number of nitrogen functional groups attached to an aromatic ring is 1. The van der Waals surface area contributed by atoms with Crippen LogP contribution in [0.15, 0.2) is 36.7 Å². The Kier molecular flexibility index (Phi) is 4.23. The SMILES string of the molecule is Nc1cc2c(Nc3ccc(F)c(Cl)c3)ncnc2cc1OCC1C2CCCC21. The molecule has 144 valence electrons. The highest BCUT2D eigenvalue weighted by Gasteiger charge is 2.52. The summed E-state index contributed by atoms with van der Waals surface area (Å²) >= 11 is 5.86. The molecule has 28 heavy (non-hydrogen) atoms. The Hall–Kier alpha value is -2.60. The fourth-order valence-electron chi connectivity index (χ4n) is 4.44. The molecular weight excluding hydrogens is 379 g/mol. The minimum absolute atomic E-state index is 0.0448. The van der Waals surface area contributed by atoms with E-state index in [0.29, 0.717) is 28.9 Å². The molecule has 3 N–H and O–H groups in total. The van der Waals surface area contributed by atoms with Gasteiger partial charge in [-0.3, -0.25) is 0 Å². The van der Waals surface area contributed by atoms with Crippen LogP contribution in [0.4, 0.5) is 21.6 Å². The van der Waals surface area contributed by atoms with Crippen LogP contribution in [0.3, 0.4) is 0 Å². The van der Waals surface area contributed by atoms with Crippen molar-refractivity contribution in [2.24, 2.45) is 17.8 Å². The second-order valence-corrected chi connectivity index (χ2v) is 8.02. The molecule has 2 aromatic carbocycles. The van der Waals surface area contributed by atoms with Crippen LogP contribution in [0.1, 0.15) is 19.3 Å². The lowest BCUT2D eigenvalue weighted by atomic mass is 10.1. The number of benzene rings is 2. The molecule has 2 saturated carbocycles. The van der Waals surface area contributed by atoms with E-state index in [9.17, 15) is 4.39 Å². The first-order chi connectivity index (χ1) is 13.6. The molecule has 0 amide bonds. The van der Waals surface area contributed by atoms with Crippen molar-refractivity contribution in [3.05, 3.63) is 47.5 Å². The standard InChI is InChI=1S/C21H20ClFN4O/c22-16-6-11(4-5-17(16)23)27-21-14-7-18(24)20(8-19(14)25-10-26-21)28-9-15-12-2-1-3-13(12)15/h4-8,10,12-13,15H,1-3,9,24H2,(H,25,26,27). The van der Waals surface area contributed by atoms with Gasteiger partial charge in [0.25, 0.3) is 0 Å². The number of anilines is 3. The maximum atomic E-state index is 13.4. The Bertz CT molecular complexity index is 1050. The summed E-state index contributed by atoms with van der Waals surface area (Å²) < 4.78 is 19.4. The van der Waals surface area contributed by atoms with Crippen molar-refractivity contribution in [2.45, 2.75) is 19.3 Å². The molecule has 0 radical (unpaired) electrons. The summed E-state index contributed by atoms with van der Waals surface area (Å²) in [6.45, 7) is 0.718. The number of hydrogen-bond donors (Lipinski definition) is 2. The Morgan fingerprint density at radius 1 is 1.18 bits per heavy atom. The fraction of sp³-hybridized carbons (Fsp3) is 0.333. The number of nitrogens with one attached hydrogen (secondary N) is 1. The summed E-state index contributed by atoms with van der Waals surface area (Å²) in [5.41, 5.74) is 8.14. The number of fused-ring (bicyclic) bond motifs is 2. The summed E-state index contributed by atoms with van der Waals surface area (Å²) in [5, 5.41) is 3.96. The van der Waals surface area contributed by atoms with Crippen molar-refractivity contribution in [3.63, 3.8) is 0 Å². The normalized spacial score (nSPS) is 22.9. The molecule has 5 rings (SSSR count). The van der Waals surface area contributed by atoms with E-state index in [1.165, 1.54) is 37.7 Å². The van der Waals surface area contributed by atoms with E-state index in [-0.39, 0.29) is 5.02 Å². The minimum atomic E-state index is -0.467. The van der Waals surface area contributed by atoms with Crippen LogP contribution in [0.25, 0.3) is 10.9 Å². The van der Waals surface area contributed by atoms with Gasteiger partial charge in [-0.1, -0.05) is 18.0 Å². The highest BCUT2D eigenvalue weighted by molar-refractivity contribution is 6.31. The molecule has 2 fully saturated rings. The molecule has 5 nitrogen and oxygen atoms in total. The number of ether oxygens (including phenoxy) is 1. The predicted molar refractivity (Wildman–Crippen MR) is 108 cm³/mol. The second-order valence-electron chi connectivity index (χ2n) is 7.62. The highest BCUT2D eigenvalue weighted by Crippen LogP contribution is 2.57. The zero-order valence-electron chi connectivity index (χ0n) is 15.2. The molecule has 2 aliphatic carbocycles. The average molecular weight is 399 g/mol. The summed E-state index contributed by atoms with van der Waals surface area (Å²) in [5.74, 6) is 3.14. The Morgan fingerprint density at radius 2 is 2.00 bits per heavy atom. The van der Waals surface area contributed by atoms with Gasteiger partial charge < -0.3 is 15.8 Å². The summed E-state index contributed by atoms with van der Waals surface area (Å²) in [4.78, 5) is 8.64. The van der Waals surface area contributed by atoms with E-state index in [2.05, 4.69) is 15.3 Å². The third kappa shape index (κ3) is 3.11. The maximum Gasteiger partial charge on any atom is 0.144 e. The molecule has 7 heteroatoms. The lowest BCUT2D eigenvalue weighted by molar-refractivity contribution is 0.280. The number of aromatic nitrogens is 2. The van der Waals surface area contributed by atoms with Crippen LogP contribution in [0, 0.1) is 23.6 Å². The summed E-state index contributed by atoms with van der Waals surface area (Å²) in [7, 11) is 0. The van der Waals surface area contributed by atoms with Crippen molar-refractivity contribution >= 4 is 39.7 Å². The van der Waals surface area contributed by atoms with Gasteiger partial charge in [0.15, 0.2) is 0 Å². The third-order valence-electron chi connectivity index (χ3n) is 5.96. The molecule has 0 bridgehead atoms. The molecule has 2 atom stereocenters. The van der Waals surface area contributed by atoms with Gasteiger partial charge in [-0.15, -0.1) is 0 Å². The molecule has 0 saturated heterocycles. The third-order valence-corrected chi connectivity index (χ3v) is 6.25. The topological polar surface area (TPSA) is 73.1 Å². The number of hydrogen-bond acceptors (Lipinski definition) is 5. The van der Waals surface area contributed by atoms with E-state index >= 15 is 0 Å². The van der Waals surface area contributed by atoms with Gasteiger partial charge in [0.2, 0.25) is 0 Å². The minimum Gasteiger partial charge on any atom is -0.491 e. The van der Waals surface area contributed by atoms with Gasteiger partial charge in [0, 0.05) is 17.1 Å². The van der Waals surface area contributed by atoms with Crippen LogP contribution in [0.5, 0.6) is 5.75 Å². The average Bonchev–Trinajstić information content (AvgIpc) is 3.10. The summed E-state index contributed by atoms with van der Waals surface area (Å²) in [6.07, 6.45) is 5.50. The predicted octanol–water partition coefficient (Wildman–Crippen LogP) is 5.17. The highest BCUT2D eigenvalue weighted by atomic mass is 35.5. The first kappa shape index (κ1) is 17.5. The van der Waals surface area contributed by atoms with E-state index in [0.717, 1.165) is 29.3 Å². The van der Waals surface area contributed by atoms with Crippen molar-refractivity contribution in [2.75, 3.05) is 17.7 Å². The number of rotatable bonds is 5. The lowest BCUT2D eigenvalue weighted by Gasteiger charge is -2.13. The van der Waals surface area contributed by atoms with Gasteiger partial charge in [0.1, 0.15) is 23.7 Å². The van der Waals surface area contributed by atoms with Crippen molar-refractivity contribution in [3.8, 4) is 5.75 Å². The fourth-order valence-corrected chi connectivity index (χ4v) is 4.62. The molecule has 0 spiro atoms. The second kappa shape index (κ2) is 6.78. The number of nitrogens with zero attached hydrogens (tertiary/aromatic N) is 2. The largest absolute Gasteiger partial charge is 0.491 e. The number of nitrogens with two attached hydrogens (primary N) is 1. The molecule has 2 unspecified atom stereocenters. The van der Waals surface area contributed by atoms with Crippen LogP contribution < -0.4 is 15.8 Å². The van der Waals surface area contributed by atoms with Crippen molar-refractivity contribution in [1.82, 2.24) is 9.97 Å². The molecule has 3 aromatic rings. The van der Waals surface area contributed by atoms with E-state index in [1.807, 2.05) is 12.1 Å². The van der Waals surface area contributed by atoms with E-state index in [1.54, 1.807) is 6.07 Å². The van der Waals surface area contributed by atoms with Crippen LogP contribution >= 0.6 is 11.6 Å². The molecule has 1 heterocycles. The molecular formula is C21H20ClFN4O. The molecule has 1 aromatic heterocycles. The monoisotopic (exact) mass is 398 g/mol. The number of halogens is 2. The van der Waals surface area contributed by atoms with Crippen LogP contribution in [-0.2, 0) is 0 Å². The van der Waals surface area contributed by atoms with Crippen molar-refractivity contribution < 1.29 is 9.13 Å². The zero-order chi connectivity index (χ0) is 19.3. The van der Waals surface area contributed by atoms with Gasteiger partial charge in [-0.05, 0) is 54.9 Å². The Labute approximate surface area is 167 Å². The lowest BCUT2D eigenvalue weighted by Crippen LogP contribution is -2.06. The van der Waals surface area contributed by atoms with Gasteiger partial charge in [-0.2, -0.15) is 0 Å². The Morgan fingerprint density at radius 3 is 2.79 bits per heavy atom. The van der Waals surface area contributed by atoms with Crippen LogP contribution in [0.2, 0.25) is 5.02 Å². The van der Waals surface area contributed by atoms with Gasteiger partial charge in [-0.25, -0.2) is 14.4 Å². The Balaban J connectivity index is 1.38. The van der Waals surface area contributed by atoms with Crippen molar-refractivity contribution in [1.29, 1.82) is 0 Å². The first-order valence-electron chi connectivity index (χ1n) is 9.49. The first-order valence-corrected chi connectivity index (χ1v) is 9.87. The van der Waals surface area contributed by atoms with E-state index < -0.39 is 5.82 Å². The zero-order valence-corrected chi connectivity index (χ0v) is 15.9. The molecule has 0 aliphatic heterocycles. The van der Waals surface area contributed by atoms with Crippen LogP contribution in [-0.4, -0.2) is 16.6 Å². The maximum absolute atomic E-state index is 13.4. The summed E-state index contributed by atoms with van der Waals surface area (Å²) in [6, 6.07) is 8.08.